The number of carbonyl (C=O) groups is 1. The van der Waals surface area contributed by atoms with Crippen LogP contribution in [0, 0.1) is 0 Å². The Morgan fingerprint density at radius 3 is 2.36 bits per heavy atom. The Bertz CT molecular complexity index is 615. The number of carbonyl (C=O) groups excluding carboxylic acids is 1. The topological polar surface area (TPSA) is 66.2 Å². The predicted molar refractivity (Wildman–Crippen MR) is 83.5 cm³/mol. The van der Waals surface area contributed by atoms with Crippen LogP contribution in [0.25, 0.3) is 11.3 Å². The summed E-state index contributed by atoms with van der Waals surface area (Å²) >= 11 is 0. The minimum absolute atomic E-state index is 0.326. The van der Waals surface area contributed by atoms with Gasteiger partial charge in [0.25, 0.3) is 0 Å². The number of aryl methyl sites for hydroxylation is 1. The van der Waals surface area contributed by atoms with Gasteiger partial charge in [0.2, 0.25) is 0 Å². The van der Waals surface area contributed by atoms with Crippen LogP contribution in [0.2, 0.25) is 0 Å². The quantitative estimate of drug-likeness (QED) is 0.554. The fourth-order valence-corrected chi connectivity index (χ4v) is 2.32. The summed E-state index contributed by atoms with van der Waals surface area (Å²) in [5.74, 6) is 1.32. The summed E-state index contributed by atoms with van der Waals surface area (Å²) in [7, 11) is 3.19. The lowest BCUT2D eigenvalue weighted by atomic mass is 10.1. The van der Waals surface area contributed by atoms with Crippen molar-refractivity contribution in [2.24, 2.45) is 0 Å². The van der Waals surface area contributed by atoms with Gasteiger partial charge in [0, 0.05) is 18.2 Å². The Morgan fingerprint density at radius 2 is 1.82 bits per heavy atom. The third-order valence-corrected chi connectivity index (χ3v) is 3.47. The summed E-state index contributed by atoms with van der Waals surface area (Å²) in [6.45, 7) is 2.87. The molecule has 0 fully saturated rings. The monoisotopic (exact) mass is 303 g/mol. The smallest absolute Gasteiger partial charge is 0.172 e. The number of aldehydes is 1. The molecular formula is C16H21N3O3. The third kappa shape index (κ3) is 3.44. The van der Waals surface area contributed by atoms with E-state index < -0.39 is 0 Å². The summed E-state index contributed by atoms with van der Waals surface area (Å²) in [4.78, 5) is 11.3. The largest absolute Gasteiger partial charge is 0.497 e. The zero-order valence-electron chi connectivity index (χ0n) is 13.2. The molecule has 6 nitrogen and oxygen atoms in total. The Labute approximate surface area is 130 Å². The predicted octanol–water partition coefficient (Wildman–Crippen LogP) is 2.97. The molecule has 0 bridgehead atoms. The maximum absolute atomic E-state index is 11.3. The van der Waals surface area contributed by atoms with Gasteiger partial charge in [-0.1, -0.05) is 25.0 Å². The first-order valence-corrected chi connectivity index (χ1v) is 7.35. The van der Waals surface area contributed by atoms with Gasteiger partial charge in [-0.05, 0) is 18.6 Å². The number of aromatic nitrogens is 3. The van der Waals surface area contributed by atoms with E-state index >= 15 is 0 Å². The molecule has 0 N–H and O–H groups in total. The van der Waals surface area contributed by atoms with Crippen molar-refractivity contribution in [1.82, 2.24) is 15.0 Å². The minimum Gasteiger partial charge on any atom is -0.497 e. The molecule has 0 saturated heterocycles. The maximum Gasteiger partial charge on any atom is 0.172 e. The molecular weight excluding hydrogens is 282 g/mol. The standard InChI is InChI=1S/C16H21N3O3/c1-4-5-6-7-19-16(15(11-20)17-18-19)12-8-13(21-2)10-14(9-12)22-3/h8-11H,4-7H2,1-3H3. The Balaban J connectivity index is 2.45. The molecule has 0 saturated carbocycles. The van der Waals surface area contributed by atoms with Crippen LogP contribution < -0.4 is 9.47 Å². The van der Waals surface area contributed by atoms with Gasteiger partial charge >= 0.3 is 0 Å². The first kappa shape index (κ1) is 16.0. The summed E-state index contributed by atoms with van der Waals surface area (Å²) < 4.78 is 12.3. The van der Waals surface area contributed by atoms with Crippen molar-refractivity contribution in [2.45, 2.75) is 32.7 Å². The van der Waals surface area contributed by atoms with E-state index in [1.54, 1.807) is 25.0 Å². The molecule has 1 heterocycles. The highest BCUT2D eigenvalue weighted by Crippen LogP contribution is 2.30. The molecule has 22 heavy (non-hydrogen) atoms. The number of nitrogens with zero attached hydrogens (tertiary/aromatic N) is 3. The number of unbranched alkanes of at least 4 members (excludes halogenated alkanes) is 2. The number of ether oxygens (including phenoxy) is 2. The molecule has 2 rings (SSSR count). The van der Waals surface area contributed by atoms with Crippen LogP contribution in [0.3, 0.4) is 0 Å². The lowest BCUT2D eigenvalue weighted by Gasteiger charge is -2.10. The molecule has 2 aromatic rings. The lowest BCUT2D eigenvalue weighted by Crippen LogP contribution is -2.03. The van der Waals surface area contributed by atoms with E-state index in [1.165, 1.54) is 0 Å². The van der Waals surface area contributed by atoms with E-state index in [2.05, 4.69) is 17.2 Å². The van der Waals surface area contributed by atoms with Gasteiger partial charge < -0.3 is 9.47 Å². The second kappa shape index (κ2) is 7.59. The molecule has 0 unspecified atom stereocenters. The van der Waals surface area contributed by atoms with Crippen molar-refractivity contribution in [1.29, 1.82) is 0 Å². The molecule has 1 aromatic heterocycles. The zero-order valence-corrected chi connectivity index (χ0v) is 13.2. The van der Waals surface area contributed by atoms with Crippen LogP contribution in [0.4, 0.5) is 0 Å². The molecule has 0 spiro atoms. The van der Waals surface area contributed by atoms with E-state index in [9.17, 15) is 4.79 Å². The summed E-state index contributed by atoms with van der Waals surface area (Å²) in [6.07, 6.45) is 3.95. The second-order valence-electron chi connectivity index (χ2n) is 4.97. The van der Waals surface area contributed by atoms with Crippen LogP contribution >= 0.6 is 0 Å². The van der Waals surface area contributed by atoms with Crippen LogP contribution in [0.1, 0.15) is 36.7 Å². The van der Waals surface area contributed by atoms with Crippen LogP contribution in [-0.4, -0.2) is 35.5 Å². The van der Waals surface area contributed by atoms with Gasteiger partial charge in [-0.2, -0.15) is 0 Å². The van der Waals surface area contributed by atoms with E-state index in [4.69, 9.17) is 9.47 Å². The molecule has 6 heteroatoms. The van der Waals surface area contributed by atoms with Gasteiger partial charge in [-0.3, -0.25) is 4.79 Å². The highest BCUT2D eigenvalue weighted by Gasteiger charge is 2.16. The number of hydrogen-bond donors (Lipinski definition) is 0. The number of rotatable bonds is 8. The number of methoxy groups -OCH3 is 2. The third-order valence-electron chi connectivity index (χ3n) is 3.47. The van der Waals surface area contributed by atoms with Crippen molar-refractivity contribution in [2.75, 3.05) is 14.2 Å². The minimum atomic E-state index is 0.326. The van der Waals surface area contributed by atoms with Gasteiger partial charge in [-0.15, -0.1) is 5.10 Å². The fourth-order valence-electron chi connectivity index (χ4n) is 2.32. The summed E-state index contributed by atoms with van der Waals surface area (Å²) in [5, 5.41) is 8.06. The van der Waals surface area contributed by atoms with Crippen molar-refractivity contribution in [3.05, 3.63) is 23.9 Å². The normalized spacial score (nSPS) is 10.5. The molecule has 0 aliphatic rings. The van der Waals surface area contributed by atoms with Crippen LogP contribution in [0.15, 0.2) is 18.2 Å². The molecule has 0 amide bonds. The van der Waals surface area contributed by atoms with E-state index in [0.29, 0.717) is 22.9 Å². The molecule has 0 aliphatic heterocycles. The van der Waals surface area contributed by atoms with Crippen molar-refractivity contribution in [3.63, 3.8) is 0 Å². The molecule has 1 aromatic carbocycles. The molecule has 0 radical (unpaired) electrons. The Hall–Kier alpha value is -2.37. The van der Waals surface area contributed by atoms with Crippen molar-refractivity contribution in [3.8, 4) is 22.8 Å². The number of hydrogen-bond acceptors (Lipinski definition) is 5. The van der Waals surface area contributed by atoms with Crippen molar-refractivity contribution >= 4 is 6.29 Å². The van der Waals surface area contributed by atoms with E-state index in [0.717, 1.165) is 37.7 Å². The van der Waals surface area contributed by atoms with E-state index in [1.807, 2.05) is 12.1 Å². The first-order valence-electron chi connectivity index (χ1n) is 7.35. The van der Waals surface area contributed by atoms with Gasteiger partial charge in [0.05, 0.1) is 19.9 Å². The molecule has 0 atom stereocenters. The highest BCUT2D eigenvalue weighted by molar-refractivity contribution is 5.83. The summed E-state index contributed by atoms with van der Waals surface area (Å²) in [6, 6.07) is 5.49. The fraction of sp³-hybridized carbons (Fsp3) is 0.438. The molecule has 118 valence electrons. The zero-order chi connectivity index (χ0) is 15.9. The Morgan fingerprint density at radius 1 is 1.14 bits per heavy atom. The number of benzene rings is 1. The van der Waals surface area contributed by atoms with Gasteiger partial charge in [-0.25, -0.2) is 4.68 Å². The first-order chi connectivity index (χ1) is 10.7. The average Bonchev–Trinajstić information content (AvgIpc) is 2.97. The Kier molecular flexibility index (Phi) is 5.52. The lowest BCUT2D eigenvalue weighted by molar-refractivity contribution is 0.111. The van der Waals surface area contributed by atoms with Crippen LogP contribution in [-0.2, 0) is 6.54 Å². The molecule has 0 aliphatic carbocycles. The second-order valence-corrected chi connectivity index (χ2v) is 4.97. The van der Waals surface area contributed by atoms with Crippen LogP contribution in [0.5, 0.6) is 11.5 Å². The maximum atomic E-state index is 11.3. The van der Waals surface area contributed by atoms with Gasteiger partial charge in [0.1, 0.15) is 11.5 Å². The van der Waals surface area contributed by atoms with E-state index in [-0.39, 0.29) is 0 Å². The van der Waals surface area contributed by atoms with Crippen molar-refractivity contribution < 1.29 is 14.3 Å². The summed E-state index contributed by atoms with van der Waals surface area (Å²) in [5.41, 5.74) is 1.83. The SMILES string of the molecule is CCCCCn1nnc(C=O)c1-c1cc(OC)cc(OC)c1. The van der Waals surface area contributed by atoms with Gasteiger partial charge in [0.15, 0.2) is 12.0 Å². The average molecular weight is 303 g/mol. The highest BCUT2D eigenvalue weighted by atomic mass is 16.5.